The third kappa shape index (κ3) is 31.2. The number of hydrogen-bond donors (Lipinski definition) is 0. The molecule has 6 heavy (non-hydrogen) atoms. The molecule has 0 atom stereocenters. The van der Waals surface area contributed by atoms with Crippen LogP contribution in [0.5, 0.6) is 0 Å². The second-order valence-electron chi connectivity index (χ2n) is 0.0431. The SMILES string of the molecule is [Ba+2].[Cl][Cu][Cl].[F-].[F-]. The van der Waals surface area contributed by atoms with Crippen LogP contribution in [0.25, 0.3) is 0 Å². The predicted octanol–water partition coefficient (Wildman–Crippen LogP) is -5.00. The predicted molar refractivity (Wildman–Crippen MR) is 17.5 cm³/mol. The molecular weight excluding hydrogens is 310 g/mol. The quantitative estimate of drug-likeness (QED) is 0.393. The van der Waals surface area contributed by atoms with Crippen molar-refractivity contribution in [3.8, 4) is 0 Å². The first-order chi connectivity index (χ1) is 1.41. The van der Waals surface area contributed by atoms with Gasteiger partial charge in [0.15, 0.2) is 0 Å². The molecule has 0 radical (unpaired) electrons. The summed E-state index contributed by atoms with van der Waals surface area (Å²) in [6.45, 7) is 0. The van der Waals surface area contributed by atoms with Crippen LogP contribution < -0.4 is 9.41 Å². The van der Waals surface area contributed by atoms with Crippen LogP contribution in [0.15, 0.2) is 0 Å². The smallest absolute Gasteiger partial charge is 1.00 e. The van der Waals surface area contributed by atoms with Gasteiger partial charge in [-0.25, -0.2) is 0 Å². The van der Waals surface area contributed by atoms with Gasteiger partial charge in [-0.1, -0.05) is 0 Å². The average molecular weight is 310 g/mol. The van der Waals surface area contributed by atoms with Crippen molar-refractivity contribution in [1.82, 2.24) is 0 Å². The van der Waals surface area contributed by atoms with Gasteiger partial charge in [-0.05, 0) is 0 Å². The van der Waals surface area contributed by atoms with Gasteiger partial charge in [0.05, 0.1) is 0 Å². The fourth-order valence-electron chi connectivity index (χ4n) is 0. The van der Waals surface area contributed by atoms with E-state index in [9.17, 15) is 0 Å². The van der Waals surface area contributed by atoms with E-state index in [4.69, 9.17) is 0 Å². The summed E-state index contributed by atoms with van der Waals surface area (Å²) in [6.07, 6.45) is 0. The van der Waals surface area contributed by atoms with E-state index >= 15 is 0 Å². The van der Waals surface area contributed by atoms with Crippen LogP contribution in [-0.2, 0) is 13.1 Å². The molecule has 0 saturated heterocycles. The summed E-state index contributed by atoms with van der Waals surface area (Å²) in [5.74, 6) is 0. The second-order valence-corrected chi connectivity index (χ2v) is 1.60. The third-order valence-corrected chi connectivity index (χ3v) is 0. The zero-order valence-electron chi connectivity index (χ0n) is 2.52. The fraction of sp³-hybridized carbons (Fsp3) is 0. The van der Waals surface area contributed by atoms with Gasteiger partial charge in [-0.15, -0.1) is 0 Å². The number of rotatable bonds is 0. The molecule has 0 aromatic carbocycles. The monoisotopic (exact) mass is 309 g/mol. The fourth-order valence-corrected chi connectivity index (χ4v) is 0. The topological polar surface area (TPSA) is 0 Å². The van der Waals surface area contributed by atoms with Crippen molar-refractivity contribution in [1.29, 1.82) is 0 Å². The minimum atomic E-state index is 0. The normalized spacial score (nSPS) is 3.67. The van der Waals surface area contributed by atoms with Gasteiger partial charge < -0.3 is 9.41 Å². The third-order valence-electron chi connectivity index (χ3n) is 0. The molecule has 0 rings (SSSR count). The van der Waals surface area contributed by atoms with E-state index in [1.165, 1.54) is 0 Å². The van der Waals surface area contributed by atoms with E-state index in [-0.39, 0.29) is 58.3 Å². The molecule has 0 amide bonds. The van der Waals surface area contributed by atoms with E-state index in [2.05, 4.69) is 20.2 Å². The molecule has 0 aromatic rings. The van der Waals surface area contributed by atoms with Crippen molar-refractivity contribution in [2.24, 2.45) is 0 Å². The largest absolute Gasteiger partial charge is 1.00 e. The first-order valence-corrected chi connectivity index (χ1v) is 2.82. The molecular formula is BaCl2CuF2. The Balaban J connectivity index is -0.00000000667. The van der Waals surface area contributed by atoms with Crippen molar-refractivity contribution in [2.45, 2.75) is 0 Å². The van der Waals surface area contributed by atoms with Crippen molar-refractivity contribution in [3.05, 3.63) is 0 Å². The molecule has 6 heteroatoms. The van der Waals surface area contributed by atoms with Crippen LogP contribution in [0, 0.1) is 0 Å². The van der Waals surface area contributed by atoms with E-state index in [1.54, 1.807) is 0 Å². The van der Waals surface area contributed by atoms with Gasteiger partial charge in [0.25, 0.3) is 0 Å². The van der Waals surface area contributed by atoms with Crippen LogP contribution in [0.1, 0.15) is 0 Å². The van der Waals surface area contributed by atoms with Crippen molar-refractivity contribution in [3.63, 3.8) is 0 Å². The maximum absolute atomic E-state index is 4.67. The molecule has 0 heterocycles. The Labute approximate surface area is 89.8 Å². The summed E-state index contributed by atoms with van der Waals surface area (Å²) in [4.78, 5) is 0. The molecule has 41 valence electrons. The van der Waals surface area contributed by atoms with Gasteiger partial charge in [-0.2, -0.15) is 0 Å². The molecule has 0 saturated carbocycles. The van der Waals surface area contributed by atoms with Crippen LogP contribution in [0.4, 0.5) is 0 Å². The minimum Gasteiger partial charge on any atom is -1.00 e. The Morgan fingerprint density at radius 2 is 1.00 bits per heavy atom. The van der Waals surface area contributed by atoms with E-state index in [0.29, 0.717) is 0 Å². The van der Waals surface area contributed by atoms with Crippen molar-refractivity contribution >= 4 is 69.1 Å². The van der Waals surface area contributed by atoms with Crippen molar-refractivity contribution < 1.29 is 22.5 Å². The van der Waals surface area contributed by atoms with Crippen LogP contribution in [-0.4, -0.2) is 48.9 Å². The Bertz CT molecular complexity index is 11.5. The Kier molecular flexibility index (Phi) is 101. The summed E-state index contributed by atoms with van der Waals surface area (Å²) < 4.78 is 0. The van der Waals surface area contributed by atoms with E-state index in [0.717, 1.165) is 13.1 Å². The molecule has 0 aliphatic heterocycles. The molecule has 0 unspecified atom stereocenters. The Morgan fingerprint density at radius 3 is 1.00 bits per heavy atom. The molecule has 0 nitrogen and oxygen atoms in total. The van der Waals surface area contributed by atoms with Gasteiger partial charge in [0.2, 0.25) is 0 Å². The zero-order chi connectivity index (χ0) is 2.71. The molecule has 0 aliphatic carbocycles. The number of halogens is 4. The zero-order valence-corrected chi connectivity index (χ0v) is 9.41. The first-order valence-electron chi connectivity index (χ1n) is 0.228. The van der Waals surface area contributed by atoms with Crippen molar-refractivity contribution in [2.75, 3.05) is 0 Å². The van der Waals surface area contributed by atoms with Gasteiger partial charge in [0, 0.05) is 0 Å². The molecule has 0 spiro atoms. The van der Waals surface area contributed by atoms with Crippen LogP contribution in [0.3, 0.4) is 0 Å². The Hall–Kier alpha value is 2.53. The minimum absolute atomic E-state index is 0. The summed E-state index contributed by atoms with van der Waals surface area (Å²) >= 11 is 0.757. The Morgan fingerprint density at radius 1 is 1.00 bits per heavy atom. The van der Waals surface area contributed by atoms with Gasteiger partial charge in [-0.3, -0.25) is 0 Å². The maximum Gasteiger partial charge on any atom is -1.00 e. The molecule has 0 aromatic heterocycles. The molecule has 0 N–H and O–H groups in total. The maximum atomic E-state index is 4.67. The number of hydrogen-bond acceptors (Lipinski definition) is 0. The average Bonchev–Trinajstić information content (AvgIpc) is 0.918. The summed E-state index contributed by atoms with van der Waals surface area (Å²) in [5.41, 5.74) is 0. The van der Waals surface area contributed by atoms with Gasteiger partial charge in [0.1, 0.15) is 0 Å². The molecule has 0 aliphatic rings. The van der Waals surface area contributed by atoms with E-state index in [1.807, 2.05) is 0 Å². The summed E-state index contributed by atoms with van der Waals surface area (Å²) in [7, 11) is 9.34. The summed E-state index contributed by atoms with van der Waals surface area (Å²) in [5, 5.41) is 0. The van der Waals surface area contributed by atoms with E-state index < -0.39 is 0 Å². The molecule has 0 bridgehead atoms. The standard InChI is InChI=1S/Ba.2ClH.Cu.2FH/h;2*1H;;2*1H/q+2;;;+2;;/p-4. The van der Waals surface area contributed by atoms with Crippen LogP contribution >= 0.6 is 20.2 Å². The second kappa shape index (κ2) is 25.8. The molecule has 0 fully saturated rings. The summed E-state index contributed by atoms with van der Waals surface area (Å²) in [6, 6.07) is 0. The van der Waals surface area contributed by atoms with Gasteiger partial charge >= 0.3 is 82.2 Å². The van der Waals surface area contributed by atoms with Crippen LogP contribution in [0.2, 0.25) is 0 Å². The first kappa shape index (κ1) is 23.6.